The summed E-state index contributed by atoms with van der Waals surface area (Å²) in [6, 6.07) is 11.3. The molecular weight excluding hydrogens is 386 g/mol. The molecule has 2 N–H and O–H groups in total. The third-order valence-corrected chi connectivity index (χ3v) is 5.84. The van der Waals surface area contributed by atoms with Crippen LogP contribution in [0.1, 0.15) is 34.8 Å². The first kappa shape index (κ1) is 18.5. The summed E-state index contributed by atoms with van der Waals surface area (Å²) < 4.78 is 6.99. The van der Waals surface area contributed by atoms with Crippen molar-refractivity contribution in [3.63, 3.8) is 0 Å². The predicted molar refractivity (Wildman–Crippen MR) is 108 cm³/mol. The third kappa shape index (κ3) is 2.37. The van der Waals surface area contributed by atoms with Gasteiger partial charge in [-0.25, -0.2) is 9.78 Å². The molecule has 2 aliphatic heterocycles. The van der Waals surface area contributed by atoms with E-state index in [1.54, 1.807) is 13.0 Å². The van der Waals surface area contributed by atoms with Crippen LogP contribution in [0.4, 0.5) is 0 Å². The Morgan fingerprint density at radius 2 is 2.10 bits per heavy atom. The van der Waals surface area contributed by atoms with Crippen molar-refractivity contribution >= 4 is 22.8 Å². The quantitative estimate of drug-likeness (QED) is 0.496. The number of benzene rings is 1. The highest BCUT2D eigenvalue weighted by Gasteiger charge is 2.52. The fraction of sp³-hybridized carbons (Fsp3) is 0.273. The maximum absolute atomic E-state index is 13.2. The van der Waals surface area contributed by atoms with E-state index in [1.165, 1.54) is 4.57 Å². The summed E-state index contributed by atoms with van der Waals surface area (Å²) in [6.45, 7) is 1.79. The molecular formula is C22H19N3O5. The molecule has 2 aliphatic rings. The zero-order valence-corrected chi connectivity index (χ0v) is 16.3. The number of aliphatic hydroxyl groups is 1. The number of fused-ring (bicyclic) bond motifs is 5. The van der Waals surface area contributed by atoms with Gasteiger partial charge in [-0.2, -0.15) is 0 Å². The lowest BCUT2D eigenvalue weighted by Gasteiger charge is -2.26. The van der Waals surface area contributed by atoms with E-state index in [2.05, 4.69) is 5.32 Å². The molecule has 1 atom stereocenters. The molecule has 0 radical (unpaired) electrons. The Hall–Kier alpha value is -3.52. The number of carbonyl (C=O) groups is 2. The van der Waals surface area contributed by atoms with Crippen molar-refractivity contribution in [1.29, 1.82) is 0 Å². The van der Waals surface area contributed by atoms with Crippen LogP contribution in [0.15, 0.2) is 41.2 Å². The standard InChI is InChI=1S/C22H19N3O5/c1-2-22(21(29)23-7-8-26)14-10-16-18-13(9-12-5-3-4-6-15(12)24-18)11-25(16)19(27)17(14)20(28)30-22/h3-6,9-10,26H,2,7-8,11H2,1H3,(H,23,29)/t22-/m1/s1. The summed E-state index contributed by atoms with van der Waals surface area (Å²) in [5, 5.41) is 12.6. The average molecular weight is 405 g/mol. The number of esters is 1. The number of nitrogens with zero attached hydrogens (tertiary/aromatic N) is 2. The highest BCUT2D eigenvalue weighted by atomic mass is 16.6. The molecule has 3 aromatic rings. The molecule has 0 saturated heterocycles. The first-order valence-corrected chi connectivity index (χ1v) is 9.80. The van der Waals surface area contributed by atoms with Gasteiger partial charge < -0.3 is 19.7 Å². The van der Waals surface area contributed by atoms with Crippen molar-refractivity contribution in [2.75, 3.05) is 13.2 Å². The molecule has 0 unspecified atom stereocenters. The molecule has 0 bridgehead atoms. The number of hydrogen-bond acceptors (Lipinski definition) is 6. The number of carbonyl (C=O) groups excluding carboxylic acids is 2. The van der Waals surface area contributed by atoms with Crippen molar-refractivity contribution in [1.82, 2.24) is 14.9 Å². The number of rotatable bonds is 4. The fourth-order valence-electron chi connectivity index (χ4n) is 4.36. The van der Waals surface area contributed by atoms with E-state index in [9.17, 15) is 14.4 Å². The number of amides is 1. The Morgan fingerprint density at radius 3 is 2.87 bits per heavy atom. The molecule has 152 valence electrons. The third-order valence-electron chi connectivity index (χ3n) is 5.84. The maximum Gasteiger partial charge on any atom is 0.345 e. The lowest BCUT2D eigenvalue weighted by Crippen LogP contribution is -2.45. The van der Waals surface area contributed by atoms with Gasteiger partial charge in [-0.15, -0.1) is 0 Å². The molecule has 4 heterocycles. The van der Waals surface area contributed by atoms with E-state index in [0.29, 0.717) is 17.9 Å². The van der Waals surface area contributed by atoms with Gasteiger partial charge in [0.1, 0.15) is 5.56 Å². The molecule has 0 fully saturated rings. The van der Waals surface area contributed by atoms with Crippen LogP contribution in [-0.4, -0.2) is 39.7 Å². The van der Waals surface area contributed by atoms with Crippen LogP contribution in [0, 0.1) is 0 Å². The van der Waals surface area contributed by atoms with Crippen molar-refractivity contribution in [3.05, 3.63) is 63.4 Å². The Morgan fingerprint density at radius 1 is 1.30 bits per heavy atom. The summed E-state index contributed by atoms with van der Waals surface area (Å²) in [5.74, 6) is -1.36. The van der Waals surface area contributed by atoms with E-state index in [-0.39, 0.29) is 30.7 Å². The average Bonchev–Trinajstić information content (AvgIpc) is 3.26. The van der Waals surface area contributed by atoms with Crippen molar-refractivity contribution in [3.8, 4) is 11.4 Å². The normalized spacial score (nSPS) is 18.7. The molecule has 5 rings (SSSR count). The van der Waals surface area contributed by atoms with E-state index in [4.69, 9.17) is 14.8 Å². The lowest BCUT2D eigenvalue weighted by atomic mass is 9.88. The van der Waals surface area contributed by atoms with Crippen LogP contribution in [-0.2, 0) is 21.7 Å². The number of pyridine rings is 2. The summed E-state index contributed by atoms with van der Waals surface area (Å²) in [6.07, 6.45) is 0.157. The molecule has 1 aromatic carbocycles. The molecule has 8 heteroatoms. The second kappa shape index (κ2) is 6.50. The second-order valence-electron chi connectivity index (χ2n) is 7.45. The zero-order valence-electron chi connectivity index (χ0n) is 16.3. The van der Waals surface area contributed by atoms with Crippen LogP contribution >= 0.6 is 0 Å². The maximum atomic E-state index is 13.2. The molecule has 0 saturated carbocycles. The fourth-order valence-corrected chi connectivity index (χ4v) is 4.36. The predicted octanol–water partition coefficient (Wildman–Crippen LogP) is 1.31. The van der Waals surface area contributed by atoms with Gasteiger partial charge in [-0.1, -0.05) is 25.1 Å². The van der Waals surface area contributed by atoms with Gasteiger partial charge in [0.2, 0.25) is 5.60 Å². The molecule has 0 aliphatic carbocycles. The van der Waals surface area contributed by atoms with Gasteiger partial charge in [0.05, 0.1) is 30.1 Å². The Balaban J connectivity index is 1.73. The number of hydrogen-bond donors (Lipinski definition) is 2. The highest BCUT2D eigenvalue weighted by molar-refractivity contribution is 6.02. The van der Waals surface area contributed by atoms with Gasteiger partial charge >= 0.3 is 5.97 Å². The number of cyclic esters (lactones) is 1. The second-order valence-corrected chi connectivity index (χ2v) is 7.45. The van der Waals surface area contributed by atoms with Gasteiger partial charge in [0.25, 0.3) is 11.5 Å². The van der Waals surface area contributed by atoms with Gasteiger partial charge in [-0.3, -0.25) is 9.59 Å². The van der Waals surface area contributed by atoms with Crippen LogP contribution in [0.5, 0.6) is 0 Å². The number of aliphatic hydroxyl groups excluding tert-OH is 1. The summed E-state index contributed by atoms with van der Waals surface area (Å²) in [5.41, 5.74) is 0.957. The van der Waals surface area contributed by atoms with Crippen molar-refractivity contribution in [2.24, 2.45) is 0 Å². The number of para-hydroxylation sites is 1. The number of ether oxygens (including phenoxy) is 1. The topological polar surface area (TPSA) is 111 Å². The Kier molecular flexibility index (Phi) is 4.01. The summed E-state index contributed by atoms with van der Waals surface area (Å²) in [4.78, 5) is 43.5. The zero-order chi connectivity index (χ0) is 21.0. The SMILES string of the molecule is CC[C@@]1(C(=O)NCCO)OC(=O)c2c1cc1n(c2=O)Cc2cc3ccccc3nc2-1. The van der Waals surface area contributed by atoms with E-state index in [0.717, 1.165) is 16.5 Å². The molecule has 0 spiro atoms. The first-order valence-electron chi connectivity index (χ1n) is 9.80. The van der Waals surface area contributed by atoms with Crippen LogP contribution in [0.2, 0.25) is 0 Å². The van der Waals surface area contributed by atoms with Gasteiger partial charge in [0.15, 0.2) is 0 Å². The van der Waals surface area contributed by atoms with Crippen LogP contribution < -0.4 is 10.9 Å². The van der Waals surface area contributed by atoms with Crippen LogP contribution in [0.25, 0.3) is 22.3 Å². The molecule has 1 amide bonds. The summed E-state index contributed by atoms with van der Waals surface area (Å²) >= 11 is 0. The van der Waals surface area contributed by atoms with Crippen LogP contribution in [0.3, 0.4) is 0 Å². The number of nitrogens with one attached hydrogen (secondary N) is 1. The van der Waals surface area contributed by atoms with Gasteiger partial charge in [0, 0.05) is 23.1 Å². The highest BCUT2D eigenvalue weighted by Crippen LogP contribution is 2.41. The Labute approximate surface area is 171 Å². The first-order chi connectivity index (χ1) is 14.5. The van der Waals surface area contributed by atoms with Gasteiger partial charge in [-0.05, 0) is 24.6 Å². The molecule has 8 nitrogen and oxygen atoms in total. The smallest absolute Gasteiger partial charge is 0.345 e. The largest absolute Gasteiger partial charge is 0.440 e. The number of aromatic nitrogens is 2. The van der Waals surface area contributed by atoms with Crippen molar-refractivity contribution in [2.45, 2.75) is 25.5 Å². The van der Waals surface area contributed by atoms with E-state index >= 15 is 0 Å². The molecule has 2 aromatic heterocycles. The Bertz CT molecular complexity index is 1300. The monoisotopic (exact) mass is 405 g/mol. The summed E-state index contributed by atoms with van der Waals surface area (Å²) in [7, 11) is 0. The minimum Gasteiger partial charge on any atom is -0.440 e. The van der Waals surface area contributed by atoms with E-state index < -0.39 is 23.0 Å². The minimum absolute atomic E-state index is 0.0216. The van der Waals surface area contributed by atoms with Crippen molar-refractivity contribution < 1.29 is 19.4 Å². The van der Waals surface area contributed by atoms with E-state index in [1.807, 2.05) is 30.3 Å². The lowest BCUT2D eigenvalue weighted by molar-refractivity contribution is -0.141. The minimum atomic E-state index is -1.60. The molecule has 30 heavy (non-hydrogen) atoms.